The van der Waals surface area contributed by atoms with E-state index in [0.29, 0.717) is 34.8 Å². The maximum Gasteiger partial charge on any atom is 0.263 e. The van der Waals surface area contributed by atoms with E-state index in [-0.39, 0.29) is 5.91 Å². The number of hydrogen-bond donors (Lipinski definition) is 1. The van der Waals surface area contributed by atoms with Crippen molar-refractivity contribution in [2.45, 2.75) is 25.9 Å². The molecule has 1 aliphatic heterocycles. The van der Waals surface area contributed by atoms with E-state index < -0.39 is 0 Å². The Morgan fingerprint density at radius 1 is 1.00 bits per heavy atom. The molecule has 1 heterocycles. The van der Waals surface area contributed by atoms with E-state index in [0.717, 1.165) is 18.9 Å². The van der Waals surface area contributed by atoms with Crippen LogP contribution in [0.2, 0.25) is 0 Å². The van der Waals surface area contributed by atoms with Crippen LogP contribution in [-0.4, -0.2) is 45.4 Å². The van der Waals surface area contributed by atoms with Crippen molar-refractivity contribution < 1.29 is 19.0 Å². The number of nitrogens with one attached hydrogen (secondary N) is 1. The van der Waals surface area contributed by atoms with Gasteiger partial charge in [0.25, 0.3) is 5.91 Å². The largest absolute Gasteiger partial charge is 0.496 e. The molecule has 6 nitrogen and oxygen atoms in total. The second kappa shape index (κ2) is 8.31. The van der Waals surface area contributed by atoms with Crippen molar-refractivity contribution in [2.24, 2.45) is 0 Å². The highest BCUT2D eigenvalue weighted by Gasteiger charge is 2.25. The van der Waals surface area contributed by atoms with Gasteiger partial charge in [-0.3, -0.25) is 4.79 Å². The zero-order valence-corrected chi connectivity index (χ0v) is 16.2. The smallest absolute Gasteiger partial charge is 0.263 e. The molecule has 2 atom stereocenters. The van der Waals surface area contributed by atoms with Crippen molar-refractivity contribution in [3.8, 4) is 11.5 Å². The van der Waals surface area contributed by atoms with Crippen LogP contribution in [0, 0.1) is 0 Å². The molecule has 0 spiro atoms. The summed E-state index contributed by atoms with van der Waals surface area (Å²) in [6, 6.07) is 13.7. The molecule has 1 N–H and O–H groups in total. The van der Waals surface area contributed by atoms with Crippen LogP contribution in [0.5, 0.6) is 11.5 Å². The third-order valence-corrected chi connectivity index (χ3v) is 4.75. The van der Waals surface area contributed by atoms with Gasteiger partial charge in [-0.1, -0.05) is 6.07 Å². The van der Waals surface area contributed by atoms with Gasteiger partial charge in [-0.25, -0.2) is 0 Å². The minimum Gasteiger partial charge on any atom is -0.496 e. The van der Waals surface area contributed by atoms with E-state index in [1.165, 1.54) is 14.2 Å². The Morgan fingerprint density at radius 2 is 1.56 bits per heavy atom. The van der Waals surface area contributed by atoms with Crippen molar-refractivity contribution in [2.75, 3.05) is 37.7 Å². The molecule has 1 aliphatic rings. The van der Waals surface area contributed by atoms with E-state index in [4.69, 9.17) is 14.2 Å². The summed E-state index contributed by atoms with van der Waals surface area (Å²) in [5.41, 5.74) is 2.21. The lowest BCUT2D eigenvalue weighted by atomic mass is 10.1. The van der Waals surface area contributed by atoms with E-state index in [1.807, 2.05) is 24.3 Å². The molecule has 2 unspecified atom stereocenters. The molecule has 1 fully saturated rings. The molecular weight excluding hydrogens is 344 g/mol. The SMILES string of the molecule is COc1cccc(OC)c1C(=O)Nc1ccc(N2C(C)COCC2C)cc1. The van der Waals surface area contributed by atoms with E-state index in [1.54, 1.807) is 18.2 Å². The Hall–Kier alpha value is -2.73. The van der Waals surface area contributed by atoms with E-state index >= 15 is 0 Å². The minimum absolute atomic E-state index is 0.273. The summed E-state index contributed by atoms with van der Waals surface area (Å²) in [6.45, 7) is 5.74. The summed E-state index contributed by atoms with van der Waals surface area (Å²) < 4.78 is 16.2. The fourth-order valence-electron chi connectivity index (χ4n) is 3.50. The van der Waals surface area contributed by atoms with Crippen LogP contribution in [-0.2, 0) is 4.74 Å². The molecule has 0 bridgehead atoms. The Kier molecular flexibility index (Phi) is 5.86. The summed E-state index contributed by atoms with van der Waals surface area (Å²) in [7, 11) is 3.07. The molecule has 27 heavy (non-hydrogen) atoms. The maximum atomic E-state index is 12.8. The molecule has 1 amide bonds. The normalized spacial score (nSPS) is 19.5. The van der Waals surface area contributed by atoms with Gasteiger partial charge in [0.05, 0.1) is 27.4 Å². The first kappa shape index (κ1) is 19.0. The summed E-state index contributed by atoms with van der Waals surface area (Å²) in [6.07, 6.45) is 0. The number of anilines is 2. The number of rotatable bonds is 5. The van der Waals surface area contributed by atoms with E-state index in [2.05, 4.69) is 24.1 Å². The average molecular weight is 370 g/mol. The minimum atomic E-state index is -0.273. The predicted molar refractivity (Wildman–Crippen MR) is 106 cm³/mol. The summed E-state index contributed by atoms with van der Waals surface area (Å²) in [5.74, 6) is 0.670. The summed E-state index contributed by atoms with van der Waals surface area (Å²) in [4.78, 5) is 15.1. The van der Waals surface area contributed by atoms with Gasteiger partial charge in [0.1, 0.15) is 17.1 Å². The number of carbonyl (C=O) groups excluding carboxylic acids is 1. The highest BCUT2D eigenvalue weighted by molar-refractivity contribution is 6.08. The van der Waals surface area contributed by atoms with Gasteiger partial charge in [0, 0.05) is 23.5 Å². The molecule has 1 saturated heterocycles. The number of benzene rings is 2. The van der Waals surface area contributed by atoms with Crippen LogP contribution in [0.25, 0.3) is 0 Å². The number of nitrogens with zero attached hydrogens (tertiary/aromatic N) is 1. The highest BCUT2D eigenvalue weighted by Crippen LogP contribution is 2.30. The fourth-order valence-corrected chi connectivity index (χ4v) is 3.50. The van der Waals surface area contributed by atoms with Crippen LogP contribution >= 0.6 is 0 Å². The zero-order valence-electron chi connectivity index (χ0n) is 16.2. The van der Waals surface area contributed by atoms with Crippen LogP contribution in [0.4, 0.5) is 11.4 Å². The van der Waals surface area contributed by atoms with Crippen LogP contribution in [0.15, 0.2) is 42.5 Å². The molecule has 3 rings (SSSR count). The standard InChI is InChI=1S/C21H26N2O4/c1-14-12-27-13-15(2)23(14)17-10-8-16(9-11-17)22-21(24)20-18(25-3)6-5-7-19(20)26-4/h5-11,14-15H,12-13H2,1-4H3,(H,22,24). The molecule has 0 saturated carbocycles. The number of morpholine rings is 1. The van der Waals surface area contributed by atoms with Crippen molar-refractivity contribution in [3.05, 3.63) is 48.0 Å². The molecule has 0 aromatic heterocycles. The predicted octanol–water partition coefficient (Wildman–Crippen LogP) is 3.57. The Labute approximate surface area is 160 Å². The fraction of sp³-hybridized carbons (Fsp3) is 0.381. The Balaban J connectivity index is 1.78. The zero-order chi connectivity index (χ0) is 19.4. The number of methoxy groups -OCH3 is 2. The van der Waals surface area contributed by atoms with Gasteiger partial charge in [-0.2, -0.15) is 0 Å². The first-order valence-electron chi connectivity index (χ1n) is 9.03. The van der Waals surface area contributed by atoms with Gasteiger partial charge < -0.3 is 24.4 Å². The monoisotopic (exact) mass is 370 g/mol. The van der Waals surface area contributed by atoms with Crippen molar-refractivity contribution in [1.82, 2.24) is 0 Å². The summed E-state index contributed by atoms with van der Waals surface area (Å²) >= 11 is 0. The number of amides is 1. The van der Waals surface area contributed by atoms with Crippen LogP contribution in [0.1, 0.15) is 24.2 Å². The lowest BCUT2D eigenvalue weighted by Crippen LogP contribution is -2.49. The lowest BCUT2D eigenvalue weighted by Gasteiger charge is -2.40. The first-order valence-corrected chi connectivity index (χ1v) is 9.03. The highest BCUT2D eigenvalue weighted by atomic mass is 16.5. The van der Waals surface area contributed by atoms with Gasteiger partial charge in [0.2, 0.25) is 0 Å². The molecule has 0 radical (unpaired) electrons. The number of carbonyl (C=O) groups is 1. The van der Waals surface area contributed by atoms with Crippen molar-refractivity contribution in [3.63, 3.8) is 0 Å². The number of hydrogen-bond acceptors (Lipinski definition) is 5. The molecular formula is C21H26N2O4. The molecule has 0 aliphatic carbocycles. The van der Waals surface area contributed by atoms with Crippen molar-refractivity contribution in [1.29, 1.82) is 0 Å². The maximum absolute atomic E-state index is 12.8. The summed E-state index contributed by atoms with van der Waals surface area (Å²) in [5, 5.41) is 2.92. The van der Waals surface area contributed by atoms with Gasteiger partial charge in [-0.15, -0.1) is 0 Å². The van der Waals surface area contributed by atoms with Crippen LogP contribution < -0.4 is 19.7 Å². The lowest BCUT2D eigenvalue weighted by molar-refractivity contribution is 0.0757. The molecule has 2 aromatic rings. The Morgan fingerprint density at radius 3 is 2.07 bits per heavy atom. The van der Waals surface area contributed by atoms with Gasteiger partial charge in [-0.05, 0) is 50.2 Å². The topological polar surface area (TPSA) is 60.0 Å². The number of ether oxygens (including phenoxy) is 3. The molecule has 6 heteroatoms. The molecule has 2 aromatic carbocycles. The third-order valence-electron chi connectivity index (χ3n) is 4.75. The second-order valence-corrected chi connectivity index (χ2v) is 6.68. The van der Waals surface area contributed by atoms with E-state index in [9.17, 15) is 4.79 Å². The first-order chi connectivity index (χ1) is 13.0. The van der Waals surface area contributed by atoms with Gasteiger partial charge >= 0.3 is 0 Å². The average Bonchev–Trinajstić information content (AvgIpc) is 2.68. The van der Waals surface area contributed by atoms with Gasteiger partial charge in [0.15, 0.2) is 0 Å². The van der Waals surface area contributed by atoms with Crippen LogP contribution in [0.3, 0.4) is 0 Å². The molecule has 144 valence electrons. The third kappa shape index (κ3) is 4.01. The van der Waals surface area contributed by atoms with Crippen molar-refractivity contribution >= 4 is 17.3 Å². The quantitative estimate of drug-likeness (QED) is 0.872. The second-order valence-electron chi connectivity index (χ2n) is 6.68. The Bertz CT molecular complexity index is 759.